The Hall–Kier alpha value is -2.16. The molecule has 0 radical (unpaired) electrons. The third kappa shape index (κ3) is 2.36. The molecular weight excluding hydrogens is 238 g/mol. The van der Waals surface area contributed by atoms with Crippen molar-refractivity contribution in [3.05, 3.63) is 48.0 Å². The van der Waals surface area contributed by atoms with E-state index in [4.69, 9.17) is 15.2 Å². The number of para-hydroxylation sites is 1. The molecule has 2 aromatic carbocycles. The second-order valence-electron chi connectivity index (χ2n) is 5.46. The minimum atomic E-state index is -0.169. The van der Waals surface area contributed by atoms with Gasteiger partial charge in [0.2, 0.25) is 0 Å². The molecule has 0 saturated carbocycles. The molecule has 0 unspecified atom stereocenters. The van der Waals surface area contributed by atoms with Crippen molar-refractivity contribution in [2.24, 2.45) is 0 Å². The molecule has 3 heteroatoms. The van der Waals surface area contributed by atoms with E-state index in [1.165, 1.54) is 5.56 Å². The van der Waals surface area contributed by atoms with E-state index in [9.17, 15) is 0 Å². The van der Waals surface area contributed by atoms with Crippen LogP contribution in [0, 0.1) is 0 Å². The molecule has 1 heterocycles. The zero-order chi connectivity index (χ0) is 13.5. The van der Waals surface area contributed by atoms with Crippen LogP contribution in [0.5, 0.6) is 17.2 Å². The monoisotopic (exact) mass is 255 g/mol. The number of hydrogen-bond donors (Lipinski definition) is 1. The predicted molar refractivity (Wildman–Crippen MR) is 75.8 cm³/mol. The van der Waals surface area contributed by atoms with Crippen LogP contribution >= 0.6 is 0 Å². The van der Waals surface area contributed by atoms with Crippen molar-refractivity contribution in [2.45, 2.75) is 25.9 Å². The Bertz CT molecular complexity index is 620. The quantitative estimate of drug-likeness (QED) is 0.831. The first-order valence-electron chi connectivity index (χ1n) is 6.38. The summed E-state index contributed by atoms with van der Waals surface area (Å²) >= 11 is 0. The third-order valence-electron chi connectivity index (χ3n) is 3.14. The fourth-order valence-electron chi connectivity index (χ4n) is 2.37. The fraction of sp³-hybridized carbons (Fsp3) is 0.250. The van der Waals surface area contributed by atoms with Gasteiger partial charge in [-0.25, -0.2) is 0 Å². The van der Waals surface area contributed by atoms with E-state index in [0.29, 0.717) is 5.69 Å². The van der Waals surface area contributed by atoms with Crippen molar-refractivity contribution >= 4 is 5.69 Å². The molecule has 1 aliphatic heterocycles. The maximum atomic E-state index is 5.97. The minimum absolute atomic E-state index is 0.169. The van der Waals surface area contributed by atoms with Crippen LogP contribution < -0.4 is 15.2 Å². The van der Waals surface area contributed by atoms with Crippen molar-refractivity contribution in [3.63, 3.8) is 0 Å². The van der Waals surface area contributed by atoms with Gasteiger partial charge in [0.15, 0.2) is 11.5 Å². The van der Waals surface area contributed by atoms with Gasteiger partial charge in [0, 0.05) is 23.7 Å². The summed E-state index contributed by atoms with van der Waals surface area (Å²) in [5.74, 6) is 2.31. The maximum Gasteiger partial charge on any atom is 0.169 e. The van der Waals surface area contributed by atoms with Gasteiger partial charge >= 0.3 is 0 Å². The number of nitrogens with two attached hydrogens (primary N) is 1. The molecule has 2 N–H and O–H groups in total. The number of benzene rings is 2. The highest BCUT2D eigenvalue weighted by atomic mass is 16.5. The number of fused-ring (bicyclic) bond motifs is 1. The fourth-order valence-corrected chi connectivity index (χ4v) is 2.37. The van der Waals surface area contributed by atoms with E-state index >= 15 is 0 Å². The predicted octanol–water partition coefficient (Wildman–Crippen LogP) is 3.77. The Morgan fingerprint density at radius 3 is 2.74 bits per heavy atom. The van der Waals surface area contributed by atoms with Gasteiger partial charge in [-0.1, -0.05) is 18.2 Å². The molecule has 3 nitrogen and oxygen atoms in total. The van der Waals surface area contributed by atoms with E-state index in [2.05, 4.69) is 19.9 Å². The normalized spacial score (nSPS) is 15.7. The molecule has 0 aromatic heterocycles. The Kier molecular flexibility index (Phi) is 2.63. The topological polar surface area (TPSA) is 44.5 Å². The van der Waals surface area contributed by atoms with Crippen LogP contribution in [0.2, 0.25) is 0 Å². The van der Waals surface area contributed by atoms with Gasteiger partial charge in [-0.15, -0.1) is 0 Å². The lowest BCUT2D eigenvalue weighted by Crippen LogP contribution is -2.24. The van der Waals surface area contributed by atoms with Crippen LogP contribution in [0.25, 0.3) is 0 Å². The van der Waals surface area contributed by atoms with Crippen molar-refractivity contribution in [1.29, 1.82) is 0 Å². The van der Waals surface area contributed by atoms with Gasteiger partial charge in [-0.2, -0.15) is 0 Å². The lowest BCUT2D eigenvalue weighted by Gasteiger charge is -2.18. The number of hydrogen-bond acceptors (Lipinski definition) is 3. The second kappa shape index (κ2) is 4.19. The summed E-state index contributed by atoms with van der Waals surface area (Å²) in [6.45, 7) is 4.16. The first kappa shape index (κ1) is 11.9. The first-order chi connectivity index (χ1) is 9.03. The lowest BCUT2D eigenvalue weighted by atomic mass is 10.0. The molecule has 0 bridgehead atoms. The van der Waals surface area contributed by atoms with Crippen molar-refractivity contribution in [1.82, 2.24) is 0 Å². The maximum absolute atomic E-state index is 5.97. The van der Waals surface area contributed by atoms with E-state index in [1.54, 1.807) is 6.07 Å². The van der Waals surface area contributed by atoms with Crippen LogP contribution in [-0.2, 0) is 6.42 Å². The lowest BCUT2D eigenvalue weighted by molar-refractivity contribution is 0.135. The molecule has 0 amide bonds. The molecule has 3 rings (SSSR count). The molecular formula is C16H17NO2. The summed E-state index contributed by atoms with van der Waals surface area (Å²) in [6, 6.07) is 13.4. The Labute approximate surface area is 113 Å². The van der Waals surface area contributed by atoms with E-state index in [1.807, 2.05) is 30.3 Å². The number of anilines is 1. The van der Waals surface area contributed by atoms with Crippen LogP contribution in [0.3, 0.4) is 0 Å². The molecule has 0 aliphatic carbocycles. The molecule has 19 heavy (non-hydrogen) atoms. The molecule has 2 aromatic rings. The first-order valence-corrected chi connectivity index (χ1v) is 6.38. The summed E-state index contributed by atoms with van der Waals surface area (Å²) in [5, 5.41) is 0. The van der Waals surface area contributed by atoms with E-state index in [-0.39, 0.29) is 5.60 Å². The highest BCUT2D eigenvalue weighted by Gasteiger charge is 2.32. The number of nitrogen functional groups attached to an aromatic ring is 1. The summed E-state index contributed by atoms with van der Waals surface area (Å²) < 4.78 is 11.9. The van der Waals surface area contributed by atoms with Crippen molar-refractivity contribution in [2.75, 3.05) is 5.73 Å². The second-order valence-corrected chi connectivity index (χ2v) is 5.46. The van der Waals surface area contributed by atoms with Gasteiger partial charge in [-0.05, 0) is 32.0 Å². The zero-order valence-corrected chi connectivity index (χ0v) is 11.1. The highest BCUT2D eigenvalue weighted by molar-refractivity contribution is 5.53. The molecule has 1 aliphatic rings. The molecule has 0 atom stereocenters. The van der Waals surface area contributed by atoms with Gasteiger partial charge in [0.05, 0.1) is 0 Å². The molecule has 0 spiro atoms. The third-order valence-corrected chi connectivity index (χ3v) is 3.14. The van der Waals surface area contributed by atoms with Gasteiger partial charge in [0.25, 0.3) is 0 Å². The molecule has 0 saturated heterocycles. The SMILES string of the molecule is CC1(C)Cc2cccc(Oc3cccc(N)c3)c2O1. The summed E-state index contributed by atoms with van der Waals surface area (Å²) in [6.07, 6.45) is 0.899. The smallest absolute Gasteiger partial charge is 0.169 e. The summed E-state index contributed by atoms with van der Waals surface area (Å²) in [5.41, 5.74) is 7.46. The van der Waals surface area contributed by atoms with Crippen LogP contribution in [-0.4, -0.2) is 5.60 Å². The van der Waals surface area contributed by atoms with Crippen LogP contribution in [0.1, 0.15) is 19.4 Å². The number of rotatable bonds is 2. The molecule has 0 fully saturated rings. The van der Waals surface area contributed by atoms with Gasteiger partial charge in [0.1, 0.15) is 11.4 Å². The Morgan fingerprint density at radius 2 is 1.95 bits per heavy atom. The number of ether oxygens (including phenoxy) is 2. The van der Waals surface area contributed by atoms with Crippen LogP contribution in [0.15, 0.2) is 42.5 Å². The minimum Gasteiger partial charge on any atom is -0.483 e. The Morgan fingerprint density at radius 1 is 1.16 bits per heavy atom. The molecule has 98 valence electrons. The van der Waals surface area contributed by atoms with Gasteiger partial charge < -0.3 is 15.2 Å². The standard InChI is InChI=1S/C16H17NO2/c1-16(2)10-11-5-3-8-14(15(11)19-16)18-13-7-4-6-12(17)9-13/h3-9H,10,17H2,1-2H3. The van der Waals surface area contributed by atoms with E-state index in [0.717, 1.165) is 23.7 Å². The Balaban J connectivity index is 1.94. The average Bonchev–Trinajstić information content (AvgIpc) is 2.64. The van der Waals surface area contributed by atoms with Gasteiger partial charge in [-0.3, -0.25) is 0 Å². The highest BCUT2D eigenvalue weighted by Crippen LogP contribution is 2.43. The average molecular weight is 255 g/mol. The van der Waals surface area contributed by atoms with E-state index < -0.39 is 0 Å². The van der Waals surface area contributed by atoms with Crippen molar-refractivity contribution < 1.29 is 9.47 Å². The largest absolute Gasteiger partial charge is 0.483 e. The summed E-state index contributed by atoms with van der Waals surface area (Å²) in [7, 11) is 0. The zero-order valence-electron chi connectivity index (χ0n) is 11.1. The van der Waals surface area contributed by atoms with Crippen LogP contribution in [0.4, 0.5) is 5.69 Å². The summed E-state index contributed by atoms with van der Waals surface area (Å²) in [4.78, 5) is 0. The van der Waals surface area contributed by atoms with Crippen molar-refractivity contribution in [3.8, 4) is 17.2 Å².